The quantitative estimate of drug-likeness (QED) is 0.622. The zero-order chi connectivity index (χ0) is 23.2. The molecule has 10 heteroatoms. The molecule has 3 heterocycles. The highest BCUT2D eigenvalue weighted by Crippen LogP contribution is 2.45. The Labute approximate surface area is 187 Å². The van der Waals surface area contributed by atoms with Gasteiger partial charge < -0.3 is 19.7 Å². The average Bonchev–Trinajstić information content (AvgIpc) is 3.44. The number of hydrogen-bond donors (Lipinski definition) is 1. The second-order valence-corrected chi connectivity index (χ2v) is 8.11. The average molecular weight is 458 g/mol. The number of aromatic nitrogens is 2. The summed E-state index contributed by atoms with van der Waals surface area (Å²) in [5, 5.41) is 7.15. The monoisotopic (exact) mass is 458 g/mol. The topological polar surface area (TPSA) is 68.6 Å². The van der Waals surface area contributed by atoms with Gasteiger partial charge in [-0.05, 0) is 23.3 Å². The maximum atomic E-state index is 14.0. The molecule has 33 heavy (non-hydrogen) atoms. The van der Waals surface area contributed by atoms with Crippen molar-refractivity contribution in [3.63, 3.8) is 0 Å². The first kappa shape index (κ1) is 21.2. The molecular weight excluding hydrogens is 437 g/mol. The molecule has 2 aromatic carbocycles. The van der Waals surface area contributed by atoms with E-state index < -0.39 is 24.2 Å². The van der Waals surface area contributed by atoms with Crippen molar-refractivity contribution < 1.29 is 27.4 Å². The van der Waals surface area contributed by atoms with Gasteiger partial charge in [0.25, 0.3) is 5.91 Å². The van der Waals surface area contributed by atoms with Gasteiger partial charge >= 0.3 is 6.18 Å². The van der Waals surface area contributed by atoms with Crippen LogP contribution < -0.4 is 14.8 Å². The maximum absolute atomic E-state index is 14.0. The molecule has 5 rings (SSSR count). The molecule has 1 amide bonds. The number of benzene rings is 2. The zero-order valence-corrected chi connectivity index (χ0v) is 17.7. The van der Waals surface area contributed by atoms with E-state index in [1.165, 1.54) is 11.0 Å². The van der Waals surface area contributed by atoms with Crippen LogP contribution in [0.15, 0.2) is 54.6 Å². The third kappa shape index (κ3) is 4.08. The van der Waals surface area contributed by atoms with Crippen LogP contribution in [0.4, 0.5) is 19.0 Å². The molecule has 1 N–H and O–H groups in total. The molecule has 2 aliphatic rings. The summed E-state index contributed by atoms with van der Waals surface area (Å²) in [6.45, 7) is 0.397. The number of halogens is 3. The lowest BCUT2D eigenvalue weighted by Crippen LogP contribution is -2.35. The first-order valence-corrected chi connectivity index (χ1v) is 10.4. The maximum Gasteiger partial charge on any atom is 0.410 e. The summed E-state index contributed by atoms with van der Waals surface area (Å²) in [4.78, 5) is 14.3. The first-order valence-electron chi connectivity index (χ1n) is 10.4. The summed E-state index contributed by atoms with van der Waals surface area (Å²) >= 11 is 0. The largest absolute Gasteiger partial charge is 0.454 e. The summed E-state index contributed by atoms with van der Waals surface area (Å²) in [7, 11) is 1.59. The molecule has 2 atom stereocenters. The fourth-order valence-electron chi connectivity index (χ4n) is 4.15. The van der Waals surface area contributed by atoms with Crippen molar-refractivity contribution in [3.05, 3.63) is 71.4 Å². The normalized spacial score (nSPS) is 19.0. The van der Waals surface area contributed by atoms with Gasteiger partial charge in [-0.15, -0.1) is 0 Å². The number of carbonyl (C=O) groups excluding carboxylic acids is 1. The standard InChI is InChI=1S/C23H21F3N4O3/c1-29(12-14-5-3-2-4-6-14)22(31)17-11-21-27-16(10-20(23(24,25)26)30(21)28-17)15-7-8-18-19(9-15)33-13-32-18/h2-9,11,16,20,27H,10,12-13H2,1H3/t16-,20-/m1/s1. The summed E-state index contributed by atoms with van der Waals surface area (Å²) in [6.07, 6.45) is -4.81. The summed E-state index contributed by atoms with van der Waals surface area (Å²) < 4.78 is 53.4. The molecular formula is C23H21F3N4O3. The number of carbonyl (C=O) groups is 1. The number of nitrogens with one attached hydrogen (secondary N) is 1. The fourth-order valence-corrected chi connectivity index (χ4v) is 4.15. The van der Waals surface area contributed by atoms with Crippen LogP contribution in [0.1, 0.15) is 40.1 Å². The molecule has 0 radical (unpaired) electrons. The predicted molar refractivity (Wildman–Crippen MR) is 113 cm³/mol. The fraction of sp³-hybridized carbons (Fsp3) is 0.304. The third-order valence-corrected chi connectivity index (χ3v) is 5.82. The minimum Gasteiger partial charge on any atom is -0.454 e. The Balaban J connectivity index is 1.42. The molecule has 0 fully saturated rings. The lowest BCUT2D eigenvalue weighted by Gasteiger charge is -2.33. The van der Waals surface area contributed by atoms with Crippen LogP contribution in [0.25, 0.3) is 0 Å². The lowest BCUT2D eigenvalue weighted by atomic mass is 9.96. The highest BCUT2D eigenvalue weighted by molar-refractivity contribution is 5.93. The summed E-state index contributed by atoms with van der Waals surface area (Å²) in [6, 6.07) is 13.3. The van der Waals surface area contributed by atoms with Crippen LogP contribution in [0.3, 0.4) is 0 Å². The lowest BCUT2D eigenvalue weighted by molar-refractivity contribution is -0.173. The van der Waals surface area contributed by atoms with E-state index in [2.05, 4.69) is 10.4 Å². The predicted octanol–water partition coefficient (Wildman–Crippen LogP) is 4.54. The Morgan fingerprint density at radius 1 is 1.15 bits per heavy atom. The Morgan fingerprint density at radius 2 is 1.91 bits per heavy atom. The Bertz CT molecular complexity index is 1180. The SMILES string of the molecule is CN(Cc1ccccc1)C(=O)c1cc2n(n1)[C@@H](C(F)(F)F)C[C@H](c1ccc3c(c1)OCO3)N2. The van der Waals surface area contributed by atoms with Gasteiger partial charge in [0.2, 0.25) is 6.79 Å². The number of hydrogen-bond acceptors (Lipinski definition) is 5. The summed E-state index contributed by atoms with van der Waals surface area (Å²) in [5.74, 6) is 0.738. The molecule has 0 unspecified atom stereocenters. The number of nitrogens with zero attached hydrogens (tertiary/aromatic N) is 3. The van der Waals surface area contributed by atoms with Gasteiger partial charge in [-0.3, -0.25) is 4.79 Å². The van der Waals surface area contributed by atoms with Crippen LogP contribution in [-0.4, -0.2) is 40.6 Å². The van der Waals surface area contributed by atoms with Gasteiger partial charge in [-0.25, -0.2) is 4.68 Å². The number of rotatable bonds is 4. The number of amides is 1. The van der Waals surface area contributed by atoms with E-state index >= 15 is 0 Å². The van der Waals surface area contributed by atoms with Crippen LogP contribution >= 0.6 is 0 Å². The molecule has 0 aliphatic carbocycles. The van der Waals surface area contributed by atoms with Gasteiger partial charge in [0, 0.05) is 26.1 Å². The highest BCUT2D eigenvalue weighted by atomic mass is 19.4. The van der Waals surface area contributed by atoms with E-state index in [1.54, 1.807) is 25.2 Å². The number of alkyl halides is 3. The Kier molecular flexibility index (Phi) is 5.15. The Hall–Kier alpha value is -3.69. The first-order chi connectivity index (χ1) is 15.8. The van der Waals surface area contributed by atoms with Crippen molar-refractivity contribution in [2.45, 2.75) is 31.2 Å². The van der Waals surface area contributed by atoms with E-state index in [1.807, 2.05) is 30.3 Å². The molecule has 7 nitrogen and oxygen atoms in total. The van der Waals surface area contributed by atoms with Gasteiger partial charge in [0.1, 0.15) is 5.82 Å². The van der Waals surface area contributed by atoms with Crippen molar-refractivity contribution in [2.75, 3.05) is 19.2 Å². The van der Waals surface area contributed by atoms with Gasteiger partial charge in [-0.1, -0.05) is 36.4 Å². The van der Waals surface area contributed by atoms with Crippen LogP contribution in [-0.2, 0) is 6.54 Å². The smallest absolute Gasteiger partial charge is 0.410 e. The van der Waals surface area contributed by atoms with Crippen molar-refractivity contribution >= 4 is 11.7 Å². The van der Waals surface area contributed by atoms with Gasteiger partial charge in [-0.2, -0.15) is 18.3 Å². The molecule has 3 aromatic rings. The zero-order valence-electron chi connectivity index (χ0n) is 17.7. The minimum absolute atomic E-state index is 0.0449. The van der Waals surface area contributed by atoms with E-state index in [4.69, 9.17) is 9.47 Å². The molecule has 0 spiro atoms. The van der Waals surface area contributed by atoms with E-state index in [0.29, 0.717) is 23.6 Å². The third-order valence-electron chi connectivity index (χ3n) is 5.82. The second kappa shape index (κ2) is 8.02. The number of ether oxygens (including phenoxy) is 2. The van der Waals surface area contributed by atoms with Crippen LogP contribution in [0.2, 0.25) is 0 Å². The Morgan fingerprint density at radius 3 is 2.67 bits per heavy atom. The number of fused-ring (bicyclic) bond motifs is 2. The van der Waals surface area contributed by atoms with Crippen molar-refractivity contribution in [3.8, 4) is 11.5 Å². The van der Waals surface area contributed by atoms with Crippen LogP contribution in [0.5, 0.6) is 11.5 Å². The van der Waals surface area contributed by atoms with E-state index in [-0.39, 0.29) is 24.7 Å². The van der Waals surface area contributed by atoms with E-state index in [9.17, 15) is 18.0 Å². The van der Waals surface area contributed by atoms with Gasteiger partial charge in [0.05, 0.1) is 6.04 Å². The molecule has 172 valence electrons. The van der Waals surface area contributed by atoms with Gasteiger partial charge in [0.15, 0.2) is 23.2 Å². The summed E-state index contributed by atoms with van der Waals surface area (Å²) in [5.41, 5.74) is 1.50. The molecule has 0 bridgehead atoms. The minimum atomic E-state index is -4.53. The molecule has 0 saturated heterocycles. The van der Waals surface area contributed by atoms with Crippen molar-refractivity contribution in [1.29, 1.82) is 0 Å². The van der Waals surface area contributed by atoms with Crippen molar-refractivity contribution in [1.82, 2.24) is 14.7 Å². The van der Waals surface area contributed by atoms with Crippen molar-refractivity contribution in [2.24, 2.45) is 0 Å². The molecule has 1 aromatic heterocycles. The van der Waals surface area contributed by atoms with E-state index in [0.717, 1.165) is 10.2 Å². The highest BCUT2D eigenvalue weighted by Gasteiger charge is 2.47. The van der Waals surface area contributed by atoms with Crippen LogP contribution in [0, 0.1) is 0 Å². The molecule has 2 aliphatic heterocycles. The molecule has 0 saturated carbocycles. The number of anilines is 1. The second-order valence-electron chi connectivity index (χ2n) is 8.11.